The van der Waals surface area contributed by atoms with Crippen LogP contribution in [0.5, 0.6) is 0 Å². The first-order chi connectivity index (χ1) is 17.4. The molecule has 3 aromatic rings. The predicted molar refractivity (Wildman–Crippen MR) is 136 cm³/mol. The number of rotatable bonds is 6. The van der Waals surface area contributed by atoms with E-state index in [4.69, 9.17) is 4.74 Å². The lowest BCUT2D eigenvalue weighted by Gasteiger charge is -2.25. The van der Waals surface area contributed by atoms with Crippen LogP contribution in [0.3, 0.4) is 0 Å². The number of fused-ring (bicyclic) bond motifs is 1. The lowest BCUT2D eigenvalue weighted by Crippen LogP contribution is -2.32. The zero-order valence-corrected chi connectivity index (χ0v) is 21.3. The Hall–Kier alpha value is -3.82. The van der Waals surface area contributed by atoms with Crippen LogP contribution in [-0.2, 0) is 28.7 Å². The molecule has 0 aliphatic heterocycles. The van der Waals surface area contributed by atoms with Gasteiger partial charge in [0.25, 0.3) is 5.56 Å². The Morgan fingerprint density at radius 1 is 1.22 bits per heavy atom. The number of benzene rings is 2. The standard InChI is InChI=1S/C27H29F3N4O3/c1-6-34-25(20-12-11-18(33(4)5)14-21(20)27(28,29)30)31-15(2)23(26(34)36)32-24-19-10-8-7-9-17(19)13-22(24)37-16(3)35/h7-12,14,22,24,32H,6,13H2,1-5H3. The van der Waals surface area contributed by atoms with Crippen molar-refractivity contribution in [2.45, 2.75) is 52.1 Å². The van der Waals surface area contributed by atoms with Crippen molar-refractivity contribution >= 4 is 17.3 Å². The van der Waals surface area contributed by atoms with Gasteiger partial charge in [0.2, 0.25) is 0 Å². The van der Waals surface area contributed by atoms with Crippen LogP contribution in [-0.4, -0.2) is 35.7 Å². The molecule has 0 amide bonds. The van der Waals surface area contributed by atoms with E-state index in [9.17, 15) is 22.8 Å². The van der Waals surface area contributed by atoms with Crippen molar-refractivity contribution in [2.24, 2.45) is 0 Å². The number of alkyl halides is 3. The van der Waals surface area contributed by atoms with Gasteiger partial charge >= 0.3 is 12.1 Å². The van der Waals surface area contributed by atoms with Crippen LogP contribution in [0.15, 0.2) is 47.3 Å². The van der Waals surface area contributed by atoms with Crippen molar-refractivity contribution in [1.82, 2.24) is 9.55 Å². The molecule has 1 aliphatic rings. The number of nitrogens with one attached hydrogen (secondary N) is 1. The molecule has 7 nitrogen and oxygen atoms in total. The molecule has 2 atom stereocenters. The highest BCUT2D eigenvalue weighted by Crippen LogP contribution is 2.39. The molecule has 0 saturated heterocycles. The number of ether oxygens (including phenoxy) is 1. The van der Waals surface area contributed by atoms with Crippen LogP contribution >= 0.6 is 0 Å². The van der Waals surface area contributed by atoms with Gasteiger partial charge in [-0.1, -0.05) is 24.3 Å². The van der Waals surface area contributed by atoms with Crippen LogP contribution in [0.4, 0.5) is 24.5 Å². The predicted octanol–water partition coefficient (Wildman–Crippen LogP) is 4.96. The maximum atomic E-state index is 14.1. The van der Waals surface area contributed by atoms with E-state index in [0.717, 1.165) is 17.2 Å². The Bertz CT molecular complexity index is 1400. The first kappa shape index (κ1) is 26.2. The number of aromatic nitrogens is 2. The largest absolute Gasteiger partial charge is 0.460 e. The van der Waals surface area contributed by atoms with E-state index in [0.29, 0.717) is 12.1 Å². The Kier molecular flexibility index (Phi) is 7.03. The summed E-state index contributed by atoms with van der Waals surface area (Å²) in [6, 6.07) is 11.0. The summed E-state index contributed by atoms with van der Waals surface area (Å²) in [6.07, 6.45) is -4.71. The van der Waals surface area contributed by atoms with Crippen molar-refractivity contribution < 1.29 is 22.7 Å². The van der Waals surface area contributed by atoms with E-state index in [-0.39, 0.29) is 29.3 Å². The summed E-state index contributed by atoms with van der Waals surface area (Å²) >= 11 is 0. The second kappa shape index (κ2) is 9.91. The smallest absolute Gasteiger partial charge is 0.417 e. The van der Waals surface area contributed by atoms with Crippen LogP contribution < -0.4 is 15.8 Å². The molecule has 1 heterocycles. The Balaban J connectivity index is 1.83. The number of halogens is 3. The van der Waals surface area contributed by atoms with Gasteiger partial charge in [0.1, 0.15) is 17.6 Å². The van der Waals surface area contributed by atoms with E-state index < -0.39 is 35.4 Å². The van der Waals surface area contributed by atoms with Gasteiger partial charge in [-0.15, -0.1) is 0 Å². The molecular formula is C27H29F3N4O3. The Morgan fingerprint density at radius 3 is 2.54 bits per heavy atom. The molecule has 1 N–H and O–H groups in total. The molecule has 1 aliphatic carbocycles. The van der Waals surface area contributed by atoms with Gasteiger partial charge < -0.3 is 15.0 Å². The van der Waals surface area contributed by atoms with Crippen LogP contribution in [0.2, 0.25) is 0 Å². The molecule has 10 heteroatoms. The maximum Gasteiger partial charge on any atom is 0.417 e. The summed E-state index contributed by atoms with van der Waals surface area (Å²) in [5.41, 5.74) is 1.12. The lowest BCUT2D eigenvalue weighted by molar-refractivity contribution is -0.146. The van der Waals surface area contributed by atoms with Crippen molar-refractivity contribution in [2.75, 3.05) is 24.3 Å². The molecule has 2 unspecified atom stereocenters. The third kappa shape index (κ3) is 5.05. The average Bonchev–Trinajstić information content (AvgIpc) is 3.16. The number of carbonyl (C=O) groups is 1. The van der Waals surface area contributed by atoms with E-state index >= 15 is 0 Å². The number of carbonyl (C=O) groups excluding carboxylic acids is 1. The Morgan fingerprint density at radius 2 is 1.92 bits per heavy atom. The van der Waals surface area contributed by atoms with E-state index in [1.54, 1.807) is 38.9 Å². The fourth-order valence-electron chi connectivity index (χ4n) is 4.77. The first-order valence-corrected chi connectivity index (χ1v) is 11.9. The quantitative estimate of drug-likeness (QED) is 0.469. The molecule has 0 spiro atoms. The minimum Gasteiger partial charge on any atom is -0.460 e. The molecule has 37 heavy (non-hydrogen) atoms. The van der Waals surface area contributed by atoms with Gasteiger partial charge in [-0.05, 0) is 43.2 Å². The summed E-state index contributed by atoms with van der Waals surface area (Å²) in [6.45, 7) is 4.69. The molecule has 1 aromatic heterocycles. The summed E-state index contributed by atoms with van der Waals surface area (Å²) in [7, 11) is 3.31. The highest BCUT2D eigenvalue weighted by Gasteiger charge is 2.37. The van der Waals surface area contributed by atoms with E-state index in [1.165, 1.54) is 17.6 Å². The lowest BCUT2D eigenvalue weighted by atomic mass is 10.0. The molecule has 0 radical (unpaired) electrons. The second-order valence-electron chi connectivity index (χ2n) is 9.24. The normalized spacial score (nSPS) is 16.9. The minimum absolute atomic E-state index is 0.0588. The summed E-state index contributed by atoms with van der Waals surface area (Å²) in [5, 5.41) is 3.21. The number of hydrogen-bond donors (Lipinski definition) is 1. The monoisotopic (exact) mass is 514 g/mol. The highest BCUT2D eigenvalue weighted by molar-refractivity contribution is 5.69. The SMILES string of the molecule is CCn1c(-c2ccc(N(C)C)cc2C(F)(F)F)nc(C)c(NC2c3ccccc3CC2OC(C)=O)c1=O. The van der Waals surface area contributed by atoms with Crippen molar-refractivity contribution in [1.29, 1.82) is 0 Å². The summed E-state index contributed by atoms with van der Waals surface area (Å²) in [4.78, 5) is 31.5. The third-order valence-corrected chi connectivity index (χ3v) is 6.53. The van der Waals surface area contributed by atoms with Gasteiger partial charge in [0, 0.05) is 45.2 Å². The molecule has 4 rings (SSSR count). The molecule has 0 saturated carbocycles. The van der Waals surface area contributed by atoms with Crippen molar-refractivity contribution in [3.05, 3.63) is 75.2 Å². The highest BCUT2D eigenvalue weighted by atomic mass is 19.4. The average molecular weight is 515 g/mol. The fourth-order valence-corrected chi connectivity index (χ4v) is 4.77. The molecule has 0 bridgehead atoms. The zero-order chi connectivity index (χ0) is 27.1. The first-order valence-electron chi connectivity index (χ1n) is 11.9. The molecule has 196 valence electrons. The zero-order valence-electron chi connectivity index (χ0n) is 21.3. The van der Waals surface area contributed by atoms with E-state index in [1.807, 2.05) is 24.3 Å². The van der Waals surface area contributed by atoms with Crippen LogP contribution in [0.1, 0.15) is 42.3 Å². The molecule has 2 aromatic carbocycles. The maximum absolute atomic E-state index is 14.1. The second-order valence-corrected chi connectivity index (χ2v) is 9.24. The van der Waals surface area contributed by atoms with Gasteiger partial charge in [0.15, 0.2) is 0 Å². The van der Waals surface area contributed by atoms with Crippen LogP contribution in [0, 0.1) is 6.92 Å². The third-order valence-electron chi connectivity index (χ3n) is 6.53. The van der Waals surface area contributed by atoms with Gasteiger partial charge in [-0.3, -0.25) is 14.2 Å². The summed E-state index contributed by atoms with van der Waals surface area (Å²) in [5.74, 6) is -0.502. The topological polar surface area (TPSA) is 76.5 Å². The van der Waals surface area contributed by atoms with Gasteiger partial charge in [0.05, 0.1) is 17.3 Å². The van der Waals surface area contributed by atoms with Crippen molar-refractivity contribution in [3.63, 3.8) is 0 Å². The van der Waals surface area contributed by atoms with Crippen molar-refractivity contribution in [3.8, 4) is 11.4 Å². The number of esters is 1. The number of aryl methyl sites for hydroxylation is 1. The number of nitrogens with zero attached hydrogens (tertiary/aromatic N) is 3. The van der Waals surface area contributed by atoms with Gasteiger partial charge in [-0.25, -0.2) is 4.98 Å². The van der Waals surface area contributed by atoms with Crippen LogP contribution in [0.25, 0.3) is 11.4 Å². The summed E-state index contributed by atoms with van der Waals surface area (Å²) < 4.78 is 49.0. The van der Waals surface area contributed by atoms with E-state index in [2.05, 4.69) is 10.3 Å². The fraction of sp³-hybridized carbons (Fsp3) is 0.370. The minimum atomic E-state index is -4.65. The molecular weight excluding hydrogens is 485 g/mol. The number of anilines is 2. The molecule has 0 fully saturated rings. The van der Waals surface area contributed by atoms with Gasteiger partial charge in [-0.2, -0.15) is 13.2 Å². The number of hydrogen-bond acceptors (Lipinski definition) is 6. The Labute approximate surface area is 212 Å².